The molecule has 3 heteroatoms. The summed E-state index contributed by atoms with van der Waals surface area (Å²) in [5, 5.41) is 0. The molecule has 0 spiro atoms. The number of halogens is 2. The van der Waals surface area contributed by atoms with Gasteiger partial charge >= 0.3 is 0 Å². The van der Waals surface area contributed by atoms with Crippen molar-refractivity contribution in [3.63, 3.8) is 0 Å². The van der Waals surface area contributed by atoms with Crippen molar-refractivity contribution >= 4 is 21.7 Å². The summed E-state index contributed by atoms with van der Waals surface area (Å²) >= 11 is 3.20. The Morgan fingerprint density at radius 1 is 1.56 bits per heavy atom. The summed E-state index contributed by atoms with van der Waals surface area (Å²) in [4.78, 5) is 11.9. The number of hydrogen-bond acceptors (Lipinski definition) is 1. The van der Waals surface area contributed by atoms with Crippen LogP contribution >= 0.6 is 15.9 Å². The van der Waals surface area contributed by atoms with Gasteiger partial charge in [0, 0.05) is 16.8 Å². The summed E-state index contributed by atoms with van der Waals surface area (Å²) in [5.41, 5.74) is 0.501. The van der Waals surface area contributed by atoms with Crippen LogP contribution in [0.4, 0.5) is 4.39 Å². The van der Waals surface area contributed by atoms with Gasteiger partial charge in [-0.3, -0.25) is 4.79 Å². The van der Waals surface area contributed by atoms with E-state index in [1.165, 1.54) is 6.07 Å². The monoisotopic (exact) mass is 284 g/mol. The summed E-state index contributed by atoms with van der Waals surface area (Å²) < 4.78 is 14.2. The summed E-state index contributed by atoms with van der Waals surface area (Å²) in [6, 6.07) is 4.86. The molecular weight excluding hydrogens is 271 g/mol. The molecule has 1 saturated carbocycles. The van der Waals surface area contributed by atoms with Crippen LogP contribution in [0.5, 0.6) is 0 Å². The standard InChI is InChI=1S/C13H14BrFO/c1-8(9-2-3-9)13(16)6-10-4-5-11(14)7-12(10)15/h4-5,7-9H,2-3,6H2,1H3. The lowest BCUT2D eigenvalue weighted by Crippen LogP contribution is -2.16. The van der Waals surface area contributed by atoms with Gasteiger partial charge in [-0.2, -0.15) is 0 Å². The summed E-state index contributed by atoms with van der Waals surface area (Å²) in [6.45, 7) is 1.96. The van der Waals surface area contributed by atoms with E-state index in [1.807, 2.05) is 6.92 Å². The molecule has 0 N–H and O–H groups in total. The zero-order valence-corrected chi connectivity index (χ0v) is 10.8. The van der Waals surface area contributed by atoms with Crippen LogP contribution in [0, 0.1) is 17.7 Å². The highest BCUT2D eigenvalue weighted by molar-refractivity contribution is 9.10. The molecule has 1 aromatic carbocycles. The van der Waals surface area contributed by atoms with Crippen molar-refractivity contribution < 1.29 is 9.18 Å². The van der Waals surface area contributed by atoms with Crippen LogP contribution in [0.25, 0.3) is 0 Å². The quantitative estimate of drug-likeness (QED) is 0.823. The first-order valence-corrected chi connectivity index (χ1v) is 6.34. The van der Waals surface area contributed by atoms with Gasteiger partial charge in [0.2, 0.25) is 0 Å². The molecule has 0 radical (unpaired) electrons. The van der Waals surface area contributed by atoms with Gasteiger partial charge in [-0.1, -0.05) is 28.9 Å². The van der Waals surface area contributed by atoms with Gasteiger partial charge in [0.1, 0.15) is 11.6 Å². The van der Waals surface area contributed by atoms with Crippen molar-refractivity contribution in [2.75, 3.05) is 0 Å². The number of Topliss-reactive ketones (excluding diaryl/α,β-unsaturated/α-hetero) is 1. The maximum Gasteiger partial charge on any atom is 0.140 e. The van der Waals surface area contributed by atoms with Crippen molar-refractivity contribution in [3.8, 4) is 0 Å². The van der Waals surface area contributed by atoms with Crippen LogP contribution in [0.15, 0.2) is 22.7 Å². The predicted molar refractivity (Wildman–Crippen MR) is 64.7 cm³/mol. The number of ketones is 1. The van der Waals surface area contributed by atoms with Gasteiger partial charge in [-0.15, -0.1) is 0 Å². The lowest BCUT2D eigenvalue weighted by atomic mass is 9.95. The molecule has 0 saturated heterocycles. The van der Waals surface area contributed by atoms with E-state index in [2.05, 4.69) is 15.9 Å². The fraction of sp³-hybridized carbons (Fsp3) is 0.462. The van der Waals surface area contributed by atoms with Gasteiger partial charge < -0.3 is 0 Å². The van der Waals surface area contributed by atoms with E-state index in [0.29, 0.717) is 16.0 Å². The van der Waals surface area contributed by atoms with E-state index in [0.717, 1.165) is 12.8 Å². The van der Waals surface area contributed by atoms with E-state index in [9.17, 15) is 9.18 Å². The second-order valence-electron chi connectivity index (χ2n) is 4.50. The number of rotatable bonds is 4. The van der Waals surface area contributed by atoms with Gasteiger partial charge in [-0.05, 0) is 36.5 Å². The average Bonchev–Trinajstić information content (AvgIpc) is 3.04. The second kappa shape index (κ2) is 4.66. The van der Waals surface area contributed by atoms with Crippen molar-refractivity contribution in [2.45, 2.75) is 26.2 Å². The highest BCUT2D eigenvalue weighted by Gasteiger charge is 2.32. The number of carbonyl (C=O) groups excluding carboxylic acids is 1. The fourth-order valence-corrected chi connectivity index (χ4v) is 2.21. The molecule has 1 unspecified atom stereocenters. The number of carbonyl (C=O) groups is 1. The molecule has 16 heavy (non-hydrogen) atoms. The normalized spacial score (nSPS) is 17.2. The van der Waals surface area contributed by atoms with Crippen LogP contribution in [0.3, 0.4) is 0 Å². The smallest absolute Gasteiger partial charge is 0.140 e. The first-order valence-electron chi connectivity index (χ1n) is 5.54. The zero-order valence-electron chi connectivity index (χ0n) is 9.17. The molecule has 2 rings (SSSR count). The molecule has 86 valence electrons. The summed E-state index contributed by atoms with van der Waals surface area (Å²) in [6.07, 6.45) is 2.52. The largest absolute Gasteiger partial charge is 0.299 e. The third-order valence-corrected chi connectivity index (χ3v) is 3.71. The van der Waals surface area contributed by atoms with Crippen molar-refractivity contribution in [2.24, 2.45) is 11.8 Å². The Bertz CT molecular complexity index is 412. The zero-order chi connectivity index (χ0) is 11.7. The van der Waals surface area contributed by atoms with Gasteiger partial charge in [0.15, 0.2) is 0 Å². The molecule has 0 bridgehead atoms. The molecule has 1 aliphatic rings. The van der Waals surface area contributed by atoms with E-state index in [-0.39, 0.29) is 23.9 Å². The Kier molecular flexibility index (Phi) is 3.43. The van der Waals surface area contributed by atoms with Crippen molar-refractivity contribution in [1.82, 2.24) is 0 Å². The van der Waals surface area contributed by atoms with Gasteiger partial charge in [-0.25, -0.2) is 4.39 Å². The fourth-order valence-electron chi connectivity index (χ4n) is 1.87. The average molecular weight is 285 g/mol. The Balaban J connectivity index is 2.05. The minimum absolute atomic E-state index is 0.0862. The molecule has 1 atom stereocenters. The molecule has 0 aliphatic heterocycles. The van der Waals surface area contributed by atoms with E-state index < -0.39 is 0 Å². The predicted octanol–water partition coefficient (Wildman–Crippen LogP) is 3.75. The minimum Gasteiger partial charge on any atom is -0.299 e. The lowest BCUT2D eigenvalue weighted by Gasteiger charge is -2.09. The van der Waals surface area contributed by atoms with Crippen LogP contribution in [0.1, 0.15) is 25.3 Å². The second-order valence-corrected chi connectivity index (χ2v) is 5.42. The maximum absolute atomic E-state index is 13.5. The van der Waals surface area contributed by atoms with Crippen LogP contribution in [-0.2, 0) is 11.2 Å². The van der Waals surface area contributed by atoms with Crippen LogP contribution < -0.4 is 0 Å². The lowest BCUT2D eigenvalue weighted by molar-refractivity contribution is -0.122. The number of benzene rings is 1. The van der Waals surface area contributed by atoms with Crippen molar-refractivity contribution in [1.29, 1.82) is 0 Å². The Morgan fingerprint density at radius 2 is 2.25 bits per heavy atom. The summed E-state index contributed by atoms with van der Waals surface area (Å²) in [7, 11) is 0. The van der Waals surface area contributed by atoms with Crippen LogP contribution in [0.2, 0.25) is 0 Å². The SMILES string of the molecule is CC(C(=O)Cc1ccc(Br)cc1F)C1CC1. The Morgan fingerprint density at radius 3 is 2.81 bits per heavy atom. The molecule has 0 aromatic heterocycles. The third kappa shape index (κ3) is 2.70. The number of hydrogen-bond donors (Lipinski definition) is 0. The minimum atomic E-state index is -0.300. The Labute approximate surface area is 103 Å². The molecular formula is C13H14BrFO. The molecule has 1 aliphatic carbocycles. The van der Waals surface area contributed by atoms with Crippen LogP contribution in [-0.4, -0.2) is 5.78 Å². The topological polar surface area (TPSA) is 17.1 Å². The Hall–Kier alpha value is -0.700. The maximum atomic E-state index is 13.5. The molecule has 1 aromatic rings. The first kappa shape index (κ1) is 11.8. The molecule has 1 nitrogen and oxygen atoms in total. The summed E-state index contributed by atoms with van der Waals surface area (Å²) in [5.74, 6) is 0.489. The highest BCUT2D eigenvalue weighted by atomic mass is 79.9. The van der Waals surface area contributed by atoms with Crippen molar-refractivity contribution in [3.05, 3.63) is 34.1 Å². The van der Waals surface area contributed by atoms with Gasteiger partial charge in [0.25, 0.3) is 0 Å². The molecule has 0 amide bonds. The van der Waals surface area contributed by atoms with E-state index >= 15 is 0 Å². The highest BCUT2D eigenvalue weighted by Crippen LogP contribution is 2.37. The van der Waals surface area contributed by atoms with E-state index in [4.69, 9.17) is 0 Å². The first-order chi connectivity index (χ1) is 7.58. The third-order valence-electron chi connectivity index (χ3n) is 3.22. The molecule has 0 heterocycles. The van der Waals surface area contributed by atoms with E-state index in [1.54, 1.807) is 12.1 Å². The van der Waals surface area contributed by atoms with Gasteiger partial charge in [0.05, 0.1) is 0 Å². The molecule has 1 fully saturated rings.